The number of sulfonamides is 1. The molecule has 20 heavy (non-hydrogen) atoms. The fourth-order valence-corrected chi connectivity index (χ4v) is 3.70. The van der Waals surface area contributed by atoms with Gasteiger partial charge in [0.15, 0.2) is 5.03 Å². The molecule has 0 radical (unpaired) electrons. The molecule has 1 aliphatic heterocycles. The Labute approximate surface area is 119 Å². The van der Waals surface area contributed by atoms with Gasteiger partial charge in [-0.3, -0.25) is 4.90 Å². The predicted octanol–water partition coefficient (Wildman–Crippen LogP) is 0.408. The van der Waals surface area contributed by atoms with Crippen molar-refractivity contribution in [3.05, 3.63) is 12.5 Å². The number of aromatic amines is 1. The molecule has 0 amide bonds. The largest absolute Gasteiger partial charge is 0.335 e. The second kappa shape index (κ2) is 6.35. The minimum Gasteiger partial charge on any atom is -0.335 e. The van der Waals surface area contributed by atoms with E-state index in [-0.39, 0.29) is 11.1 Å². The van der Waals surface area contributed by atoms with E-state index in [1.165, 1.54) is 16.8 Å². The molecular formula is C12H19N5O2S. The molecular weight excluding hydrogens is 278 g/mol. The molecule has 1 atom stereocenters. The summed E-state index contributed by atoms with van der Waals surface area (Å²) in [6.45, 7) is 4.03. The van der Waals surface area contributed by atoms with Gasteiger partial charge >= 0.3 is 0 Å². The van der Waals surface area contributed by atoms with Crippen molar-refractivity contribution in [3.63, 3.8) is 0 Å². The molecule has 1 unspecified atom stereocenters. The molecule has 0 aromatic carbocycles. The molecule has 1 aromatic heterocycles. The third-order valence-corrected chi connectivity index (χ3v) is 5.34. The standard InChI is InChI=1S/C12H19N5O2S/c1-2-3-11(8-13)16-4-6-17(7-5-16)20(18,19)12-9-14-10-15-12/h9-11H,2-7H2,1H3,(H,14,15). The topological polar surface area (TPSA) is 93.1 Å². The second-order valence-corrected chi connectivity index (χ2v) is 6.70. The van der Waals surface area contributed by atoms with E-state index in [4.69, 9.17) is 5.26 Å². The maximum atomic E-state index is 12.3. The Kier molecular flexibility index (Phi) is 4.75. The van der Waals surface area contributed by atoms with Crippen LogP contribution in [0.15, 0.2) is 17.6 Å². The smallest absolute Gasteiger partial charge is 0.260 e. The minimum absolute atomic E-state index is 0.114. The van der Waals surface area contributed by atoms with Crippen molar-refractivity contribution in [2.75, 3.05) is 26.2 Å². The number of aromatic nitrogens is 2. The zero-order valence-corrected chi connectivity index (χ0v) is 12.3. The molecule has 1 saturated heterocycles. The van der Waals surface area contributed by atoms with Crippen LogP contribution in [0.25, 0.3) is 0 Å². The highest BCUT2D eigenvalue weighted by Gasteiger charge is 2.31. The lowest BCUT2D eigenvalue weighted by Gasteiger charge is -2.35. The Balaban J connectivity index is 2.00. The van der Waals surface area contributed by atoms with Crippen molar-refractivity contribution in [3.8, 4) is 6.07 Å². The quantitative estimate of drug-likeness (QED) is 0.849. The van der Waals surface area contributed by atoms with E-state index in [0.717, 1.165) is 12.8 Å². The third kappa shape index (κ3) is 3.00. The van der Waals surface area contributed by atoms with Gasteiger partial charge in [0.1, 0.15) is 0 Å². The van der Waals surface area contributed by atoms with Gasteiger partial charge in [-0.05, 0) is 6.42 Å². The fraction of sp³-hybridized carbons (Fsp3) is 0.667. The lowest BCUT2D eigenvalue weighted by atomic mass is 10.1. The van der Waals surface area contributed by atoms with Gasteiger partial charge in [-0.25, -0.2) is 13.4 Å². The zero-order chi connectivity index (χ0) is 14.6. The predicted molar refractivity (Wildman–Crippen MR) is 73.2 cm³/mol. The summed E-state index contributed by atoms with van der Waals surface area (Å²) in [6, 6.07) is 2.18. The fourth-order valence-electron chi connectivity index (χ4n) is 2.38. The molecule has 0 saturated carbocycles. The van der Waals surface area contributed by atoms with Crippen molar-refractivity contribution in [1.82, 2.24) is 19.2 Å². The van der Waals surface area contributed by atoms with Gasteiger partial charge < -0.3 is 4.98 Å². The van der Waals surface area contributed by atoms with Crippen LogP contribution in [0, 0.1) is 11.3 Å². The number of hydrogen-bond acceptors (Lipinski definition) is 5. The maximum Gasteiger partial charge on any atom is 0.260 e. The van der Waals surface area contributed by atoms with Gasteiger partial charge in [0.2, 0.25) is 0 Å². The average Bonchev–Trinajstić information content (AvgIpc) is 3.00. The van der Waals surface area contributed by atoms with E-state index in [2.05, 4.69) is 20.9 Å². The first kappa shape index (κ1) is 15.0. The normalized spacial score (nSPS) is 19.6. The maximum absolute atomic E-state index is 12.3. The number of nitrogens with one attached hydrogen (secondary N) is 1. The van der Waals surface area contributed by atoms with E-state index in [1.807, 2.05) is 6.92 Å². The van der Waals surface area contributed by atoms with Gasteiger partial charge in [-0.1, -0.05) is 13.3 Å². The molecule has 2 heterocycles. The first-order valence-electron chi connectivity index (χ1n) is 6.71. The number of piperazine rings is 1. The molecule has 1 aromatic rings. The van der Waals surface area contributed by atoms with Crippen molar-refractivity contribution in [2.24, 2.45) is 0 Å². The lowest BCUT2D eigenvalue weighted by Crippen LogP contribution is -2.51. The molecule has 110 valence electrons. The summed E-state index contributed by atoms with van der Waals surface area (Å²) in [5.41, 5.74) is 0. The van der Waals surface area contributed by atoms with Gasteiger partial charge in [0.05, 0.1) is 24.6 Å². The first-order valence-corrected chi connectivity index (χ1v) is 8.15. The van der Waals surface area contributed by atoms with Crippen LogP contribution in [-0.2, 0) is 10.0 Å². The number of nitrogens with zero attached hydrogens (tertiary/aromatic N) is 4. The highest BCUT2D eigenvalue weighted by Crippen LogP contribution is 2.17. The highest BCUT2D eigenvalue weighted by molar-refractivity contribution is 7.89. The Morgan fingerprint density at radius 3 is 2.65 bits per heavy atom. The van der Waals surface area contributed by atoms with Crippen LogP contribution in [0.1, 0.15) is 19.8 Å². The second-order valence-electron chi connectivity index (χ2n) is 4.79. The Bertz CT molecular complexity index is 555. The molecule has 2 rings (SSSR count). The van der Waals surface area contributed by atoms with Crippen LogP contribution in [0.2, 0.25) is 0 Å². The van der Waals surface area contributed by atoms with Crippen molar-refractivity contribution in [1.29, 1.82) is 5.26 Å². The molecule has 7 nitrogen and oxygen atoms in total. The van der Waals surface area contributed by atoms with Gasteiger partial charge in [0, 0.05) is 26.2 Å². The van der Waals surface area contributed by atoms with Crippen LogP contribution >= 0.6 is 0 Å². The van der Waals surface area contributed by atoms with Crippen LogP contribution in [0.5, 0.6) is 0 Å². The van der Waals surface area contributed by atoms with E-state index < -0.39 is 10.0 Å². The molecule has 0 aliphatic carbocycles. The molecule has 1 N–H and O–H groups in total. The summed E-state index contributed by atoms with van der Waals surface area (Å²) in [5.74, 6) is 0. The number of imidazole rings is 1. The zero-order valence-electron chi connectivity index (χ0n) is 11.5. The molecule has 8 heteroatoms. The van der Waals surface area contributed by atoms with Crippen LogP contribution in [0.4, 0.5) is 0 Å². The summed E-state index contributed by atoms with van der Waals surface area (Å²) in [7, 11) is -3.48. The summed E-state index contributed by atoms with van der Waals surface area (Å²) in [5, 5.41) is 9.27. The van der Waals surface area contributed by atoms with Gasteiger partial charge in [-0.15, -0.1) is 0 Å². The molecule has 0 spiro atoms. The number of H-pyrrole nitrogens is 1. The summed E-state index contributed by atoms with van der Waals surface area (Å²) in [6.07, 6.45) is 4.45. The Morgan fingerprint density at radius 1 is 1.45 bits per heavy atom. The van der Waals surface area contributed by atoms with Crippen LogP contribution in [-0.4, -0.2) is 59.8 Å². The van der Waals surface area contributed by atoms with Gasteiger partial charge in [-0.2, -0.15) is 9.57 Å². The van der Waals surface area contributed by atoms with Crippen molar-refractivity contribution >= 4 is 10.0 Å². The SMILES string of the molecule is CCCC(C#N)N1CCN(S(=O)(=O)c2cnc[nH]2)CC1. The van der Waals surface area contributed by atoms with E-state index in [9.17, 15) is 8.42 Å². The summed E-state index contributed by atoms with van der Waals surface area (Å²) < 4.78 is 26.0. The third-order valence-electron chi connectivity index (χ3n) is 3.52. The molecule has 0 bridgehead atoms. The number of rotatable bonds is 5. The molecule has 1 aliphatic rings. The average molecular weight is 297 g/mol. The van der Waals surface area contributed by atoms with Crippen LogP contribution < -0.4 is 0 Å². The van der Waals surface area contributed by atoms with Gasteiger partial charge in [0.25, 0.3) is 10.0 Å². The van der Waals surface area contributed by atoms with Crippen molar-refractivity contribution in [2.45, 2.75) is 30.8 Å². The highest BCUT2D eigenvalue weighted by atomic mass is 32.2. The molecule has 1 fully saturated rings. The lowest BCUT2D eigenvalue weighted by molar-refractivity contribution is 0.156. The Morgan fingerprint density at radius 2 is 2.15 bits per heavy atom. The Hall–Kier alpha value is -1.43. The monoisotopic (exact) mass is 297 g/mol. The van der Waals surface area contributed by atoms with E-state index in [1.54, 1.807) is 0 Å². The first-order chi connectivity index (χ1) is 9.59. The van der Waals surface area contributed by atoms with Crippen molar-refractivity contribution < 1.29 is 8.42 Å². The van der Waals surface area contributed by atoms with E-state index in [0.29, 0.717) is 26.2 Å². The summed E-state index contributed by atoms with van der Waals surface area (Å²) in [4.78, 5) is 8.44. The number of hydrogen-bond donors (Lipinski definition) is 1. The van der Waals surface area contributed by atoms with E-state index >= 15 is 0 Å². The minimum atomic E-state index is -3.48. The number of nitriles is 1. The van der Waals surface area contributed by atoms with Crippen LogP contribution in [0.3, 0.4) is 0 Å². The summed E-state index contributed by atoms with van der Waals surface area (Å²) >= 11 is 0.